The number of nitrogens with one attached hydrogen (secondary N) is 1. The number of carbonyl (C=O) groups is 2. The molecule has 0 radical (unpaired) electrons. The van der Waals surface area contributed by atoms with Gasteiger partial charge in [-0.3, -0.25) is 9.69 Å². The number of imide groups is 1. The van der Waals surface area contributed by atoms with E-state index in [0.717, 1.165) is 31.7 Å². The summed E-state index contributed by atoms with van der Waals surface area (Å²) in [5.74, 6) is 0.498. The first-order valence-electron chi connectivity index (χ1n) is 10.7. The molecule has 2 aliphatic heterocycles. The fourth-order valence-electron chi connectivity index (χ4n) is 4.07. The van der Waals surface area contributed by atoms with Crippen LogP contribution in [0.3, 0.4) is 0 Å². The molecule has 4 rings (SSSR count). The first-order valence-corrected chi connectivity index (χ1v) is 10.7. The lowest BCUT2D eigenvalue weighted by Gasteiger charge is -2.36. The SMILES string of the molecule is CC(C)(C)c1ccc(C2(C)NC(=O)N(CN3CCN(c4ncccn4)CC3)C2=O)cc1. The van der Waals surface area contributed by atoms with Crippen molar-refractivity contribution in [2.75, 3.05) is 37.7 Å². The number of hydrogen-bond donors (Lipinski definition) is 1. The maximum Gasteiger partial charge on any atom is 0.326 e. The molecule has 2 aliphatic rings. The summed E-state index contributed by atoms with van der Waals surface area (Å²) in [6.45, 7) is 11.5. The Morgan fingerprint density at radius 2 is 1.61 bits per heavy atom. The van der Waals surface area contributed by atoms with E-state index in [1.165, 1.54) is 10.5 Å². The molecular formula is C23H30N6O2. The van der Waals surface area contributed by atoms with E-state index in [-0.39, 0.29) is 24.0 Å². The summed E-state index contributed by atoms with van der Waals surface area (Å²) in [6.07, 6.45) is 3.47. The van der Waals surface area contributed by atoms with Crippen molar-refractivity contribution in [1.29, 1.82) is 0 Å². The van der Waals surface area contributed by atoms with Crippen molar-refractivity contribution in [2.24, 2.45) is 0 Å². The molecule has 164 valence electrons. The third-order valence-corrected chi connectivity index (χ3v) is 6.15. The third kappa shape index (κ3) is 4.12. The van der Waals surface area contributed by atoms with E-state index in [9.17, 15) is 9.59 Å². The fraction of sp³-hybridized carbons (Fsp3) is 0.478. The number of aromatic nitrogens is 2. The monoisotopic (exact) mass is 422 g/mol. The summed E-state index contributed by atoms with van der Waals surface area (Å²) < 4.78 is 0. The predicted octanol–water partition coefficient (Wildman–Crippen LogP) is 2.32. The minimum absolute atomic E-state index is 0.0291. The summed E-state index contributed by atoms with van der Waals surface area (Å²) in [7, 11) is 0. The lowest BCUT2D eigenvalue weighted by Crippen LogP contribution is -2.52. The Morgan fingerprint density at radius 1 is 1.00 bits per heavy atom. The minimum atomic E-state index is -1.05. The molecule has 1 aromatic carbocycles. The van der Waals surface area contributed by atoms with Crippen LogP contribution < -0.4 is 10.2 Å². The zero-order valence-corrected chi connectivity index (χ0v) is 18.6. The van der Waals surface area contributed by atoms with Gasteiger partial charge in [-0.25, -0.2) is 19.7 Å². The average molecular weight is 423 g/mol. The van der Waals surface area contributed by atoms with Crippen molar-refractivity contribution in [1.82, 2.24) is 25.1 Å². The highest BCUT2D eigenvalue weighted by Crippen LogP contribution is 2.31. The molecular weight excluding hydrogens is 392 g/mol. The number of benzene rings is 1. The molecule has 3 heterocycles. The molecule has 8 heteroatoms. The predicted molar refractivity (Wildman–Crippen MR) is 119 cm³/mol. The van der Waals surface area contributed by atoms with Crippen LogP contribution in [-0.4, -0.2) is 64.6 Å². The van der Waals surface area contributed by atoms with E-state index < -0.39 is 5.54 Å². The van der Waals surface area contributed by atoms with Crippen molar-refractivity contribution < 1.29 is 9.59 Å². The van der Waals surface area contributed by atoms with Crippen LogP contribution in [0.1, 0.15) is 38.8 Å². The van der Waals surface area contributed by atoms with Gasteiger partial charge in [0.25, 0.3) is 5.91 Å². The van der Waals surface area contributed by atoms with Crippen LogP contribution in [0.5, 0.6) is 0 Å². The Hall–Kier alpha value is -3.00. The molecule has 1 unspecified atom stereocenters. The molecule has 0 spiro atoms. The highest BCUT2D eigenvalue weighted by Gasteiger charge is 2.49. The van der Waals surface area contributed by atoms with Gasteiger partial charge in [-0.15, -0.1) is 0 Å². The topological polar surface area (TPSA) is 81.7 Å². The van der Waals surface area contributed by atoms with Crippen molar-refractivity contribution in [2.45, 2.75) is 38.6 Å². The first kappa shape index (κ1) is 21.2. The van der Waals surface area contributed by atoms with Gasteiger partial charge >= 0.3 is 6.03 Å². The summed E-state index contributed by atoms with van der Waals surface area (Å²) >= 11 is 0. The second kappa shape index (κ2) is 7.92. The standard InChI is InChI=1S/C23H30N6O2/c1-22(2,3)17-6-8-18(9-7-17)23(4)19(30)29(21(31)26-23)16-27-12-14-28(15-13-27)20-24-10-5-11-25-20/h5-11H,12-16H2,1-4H3,(H,26,31). The number of hydrogen-bond acceptors (Lipinski definition) is 6. The van der Waals surface area contributed by atoms with Gasteiger partial charge in [-0.1, -0.05) is 45.0 Å². The van der Waals surface area contributed by atoms with E-state index in [1.54, 1.807) is 25.4 Å². The maximum atomic E-state index is 13.3. The molecule has 0 bridgehead atoms. The molecule has 2 fully saturated rings. The van der Waals surface area contributed by atoms with Gasteiger partial charge in [0, 0.05) is 38.6 Å². The quantitative estimate of drug-likeness (QED) is 0.762. The van der Waals surface area contributed by atoms with Crippen LogP contribution in [0.2, 0.25) is 0 Å². The summed E-state index contributed by atoms with van der Waals surface area (Å²) in [5, 5.41) is 2.91. The van der Waals surface area contributed by atoms with E-state index in [1.807, 2.05) is 24.3 Å². The Bertz CT molecular complexity index is 948. The van der Waals surface area contributed by atoms with E-state index in [4.69, 9.17) is 0 Å². The van der Waals surface area contributed by atoms with Crippen LogP contribution in [-0.2, 0) is 15.7 Å². The van der Waals surface area contributed by atoms with Crippen LogP contribution in [0.25, 0.3) is 0 Å². The molecule has 1 aromatic heterocycles. The zero-order valence-electron chi connectivity index (χ0n) is 18.6. The third-order valence-electron chi connectivity index (χ3n) is 6.15. The summed E-state index contributed by atoms with van der Waals surface area (Å²) in [4.78, 5) is 40.1. The second-order valence-electron chi connectivity index (χ2n) is 9.41. The normalized spacial score (nSPS) is 22.7. The molecule has 1 N–H and O–H groups in total. The summed E-state index contributed by atoms with van der Waals surface area (Å²) in [6, 6.07) is 9.41. The molecule has 8 nitrogen and oxygen atoms in total. The van der Waals surface area contributed by atoms with Gasteiger partial charge < -0.3 is 10.2 Å². The Labute approximate surface area is 183 Å². The number of carbonyl (C=O) groups excluding carboxylic acids is 2. The number of urea groups is 1. The molecule has 31 heavy (non-hydrogen) atoms. The Kier molecular flexibility index (Phi) is 5.43. The smallest absolute Gasteiger partial charge is 0.326 e. The maximum absolute atomic E-state index is 13.3. The molecule has 2 saturated heterocycles. The zero-order chi connectivity index (χ0) is 22.2. The molecule has 0 saturated carbocycles. The van der Waals surface area contributed by atoms with Crippen LogP contribution in [0.15, 0.2) is 42.7 Å². The van der Waals surface area contributed by atoms with Gasteiger partial charge in [0.15, 0.2) is 0 Å². The number of anilines is 1. The summed E-state index contributed by atoms with van der Waals surface area (Å²) in [5.41, 5.74) is 0.968. The average Bonchev–Trinajstić information content (AvgIpc) is 2.98. The lowest BCUT2D eigenvalue weighted by molar-refractivity contribution is -0.132. The number of amides is 3. The van der Waals surface area contributed by atoms with Crippen LogP contribution in [0.4, 0.5) is 10.7 Å². The van der Waals surface area contributed by atoms with Crippen LogP contribution in [0, 0.1) is 0 Å². The van der Waals surface area contributed by atoms with Crippen molar-refractivity contribution >= 4 is 17.9 Å². The fourth-order valence-corrected chi connectivity index (χ4v) is 4.07. The lowest BCUT2D eigenvalue weighted by atomic mass is 9.84. The Morgan fingerprint density at radius 3 is 2.19 bits per heavy atom. The van der Waals surface area contributed by atoms with Gasteiger partial charge in [0.05, 0.1) is 6.67 Å². The number of piperazine rings is 1. The molecule has 3 amide bonds. The highest BCUT2D eigenvalue weighted by atomic mass is 16.2. The van der Waals surface area contributed by atoms with Crippen molar-refractivity contribution in [3.8, 4) is 0 Å². The van der Waals surface area contributed by atoms with Gasteiger partial charge in [-0.05, 0) is 29.5 Å². The second-order valence-corrected chi connectivity index (χ2v) is 9.41. The minimum Gasteiger partial charge on any atom is -0.338 e. The van der Waals surface area contributed by atoms with E-state index >= 15 is 0 Å². The molecule has 0 aliphatic carbocycles. The van der Waals surface area contributed by atoms with Gasteiger partial charge in [-0.2, -0.15) is 0 Å². The Balaban J connectivity index is 1.42. The van der Waals surface area contributed by atoms with E-state index in [2.05, 4.69) is 45.9 Å². The van der Waals surface area contributed by atoms with Crippen LogP contribution >= 0.6 is 0 Å². The number of nitrogens with zero attached hydrogens (tertiary/aromatic N) is 5. The largest absolute Gasteiger partial charge is 0.338 e. The highest BCUT2D eigenvalue weighted by molar-refractivity contribution is 6.07. The van der Waals surface area contributed by atoms with Gasteiger partial charge in [0.1, 0.15) is 5.54 Å². The van der Waals surface area contributed by atoms with Gasteiger partial charge in [0.2, 0.25) is 5.95 Å². The van der Waals surface area contributed by atoms with Crippen molar-refractivity contribution in [3.63, 3.8) is 0 Å². The van der Waals surface area contributed by atoms with E-state index in [0.29, 0.717) is 5.95 Å². The van der Waals surface area contributed by atoms with Crippen molar-refractivity contribution in [3.05, 3.63) is 53.9 Å². The first-order chi connectivity index (χ1) is 14.7. The number of rotatable bonds is 4. The molecule has 2 aromatic rings. The molecule has 1 atom stereocenters.